The van der Waals surface area contributed by atoms with Crippen molar-refractivity contribution in [2.75, 3.05) is 10.8 Å². The van der Waals surface area contributed by atoms with Crippen molar-refractivity contribution in [3.05, 3.63) is 100 Å². The minimum absolute atomic E-state index is 0.0340. The number of amides is 1. The summed E-state index contributed by atoms with van der Waals surface area (Å²) in [5.74, 6) is -0.530. The first-order valence-corrected chi connectivity index (χ1v) is 13.5. The molecule has 39 heavy (non-hydrogen) atoms. The number of aryl methyl sites for hydroxylation is 1. The maximum Gasteiger partial charge on any atom is 0.343 e. The molecule has 0 aliphatic carbocycles. The number of aliphatic carboxylic acids is 1. The quantitative estimate of drug-likeness (QED) is 0.405. The van der Waals surface area contributed by atoms with Crippen molar-refractivity contribution in [3.63, 3.8) is 0 Å². The van der Waals surface area contributed by atoms with Crippen molar-refractivity contribution < 1.29 is 14.7 Å². The van der Waals surface area contributed by atoms with Crippen molar-refractivity contribution in [1.29, 1.82) is 0 Å². The van der Waals surface area contributed by atoms with E-state index in [1.54, 1.807) is 36.4 Å². The highest BCUT2D eigenvalue weighted by molar-refractivity contribution is 8.04. The second-order valence-corrected chi connectivity index (χ2v) is 11.4. The molecule has 4 heterocycles. The topological polar surface area (TPSA) is 101 Å². The molecule has 1 fully saturated rings. The molecule has 2 atom stereocenters. The smallest absolute Gasteiger partial charge is 0.343 e. The standard InChI is InChI=1S/C29H27N5O4S/c1-29(2)26(32-16-23(27(36)37)39-17-32)25(18-7-5-4-6-8-18)33(28(29)38)20-9-11-22-19(13-20)14-30-34(22)21-10-12-24(35)31(3)15-21/h4-16,25-26H,17H2,1-3H3,(H,36,37)/t25-,26-/m1/s1. The Labute approximate surface area is 228 Å². The van der Waals surface area contributed by atoms with Crippen LogP contribution < -0.4 is 10.5 Å². The van der Waals surface area contributed by atoms with Crippen molar-refractivity contribution in [2.24, 2.45) is 12.5 Å². The van der Waals surface area contributed by atoms with Crippen LogP contribution in [0.25, 0.3) is 16.6 Å². The number of anilines is 1. The molecule has 10 heteroatoms. The van der Waals surface area contributed by atoms with Gasteiger partial charge < -0.3 is 19.5 Å². The van der Waals surface area contributed by atoms with Crippen LogP contribution in [0.15, 0.2) is 89.0 Å². The number of nitrogens with zero attached hydrogens (tertiary/aromatic N) is 5. The van der Waals surface area contributed by atoms with Crippen LogP contribution in [0, 0.1) is 5.41 Å². The predicted molar refractivity (Wildman–Crippen MR) is 151 cm³/mol. The Balaban J connectivity index is 1.46. The first-order chi connectivity index (χ1) is 18.7. The predicted octanol–water partition coefficient (Wildman–Crippen LogP) is 4.14. The summed E-state index contributed by atoms with van der Waals surface area (Å²) in [6.07, 6.45) is 5.16. The van der Waals surface area contributed by atoms with E-state index in [9.17, 15) is 19.5 Å². The van der Waals surface area contributed by atoms with Gasteiger partial charge in [0.25, 0.3) is 0 Å². The molecule has 4 aromatic rings. The first kappa shape index (κ1) is 25.0. The van der Waals surface area contributed by atoms with E-state index in [1.165, 1.54) is 22.4 Å². The minimum Gasteiger partial charge on any atom is -0.477 e. The van der Waals surface area contributed by atoms with Crippen LogP contribution in [-0.2, 0) is 16.6 Å². The Morgan fingerprint density at radius 3 is 2.49 bits per heavy atom. The monoisotopic (exact) mass is 541 g/mol. The van der Waals surface area contributed by atoms with E-state index >= 15 is 0 Å². The normalized spacial score (nSPS) is 20.6. The fourth-order valence-electron chi connectivity index (χ4n) is 5.68. The first-order valence-electron chi connectivity index (χ1n) is 12.5. The van der Waals surface area contributed by atoms with Crippen LogP contribution in [0.5, 0.6) is 0 Å². The molecular formula is C29H27N5O4S. The summed E-state index contributed by atoms with van der Waals surface area (Å²) in [6, 6.07) is 18.3. The number of carbonyl (C=O) groups excluding carboxylic acids is 1. The molecule has 1 amide bonds. The third kappa shape index (κ3) is 4.02. The number of rotatable bonds is 5. The molecule has 2 aromatic carbocycles. The number of carboxylic acids is 1. The molecule has 9 nitrogen and oxygen atoms in total. The number of aromatic nitrogens is 3. The molecule has 0 radical (unpaired) electrons. The average Bonchev–Trinajstić information content (AvgIpc) is 3.62. The van der Waals surface area contributed by atoms with Crippen LogP contribution in [0.3, 0.4) is 0 Å². The minimum atomic E-state index is -0.960. The summed E-state index contributed by atoms with van der Waals surface area (Å²) >= 11 is 1.27. The third-order valence-corrected chi connectivity index (χ3v) is 8.61. The van der Waals surface area contributed by atoms with E-state index in [2.05, 4.69) is 5.10 Å². The molecular weight excluding hydrogens is 514 g/mol. The van der Waals surface area contributed by atoms with Gasteiger partial charge in [-0.25, -0.2) is 9.48 Å². The number of carbonyl (C=O) groups is 2. The number of thioether (sulfide) groups is 1. The van der Waals surface area contributed by atoms with Crippen molar-refractivity contribution in [1.82, 2.24) is 19.2 Å². The van der Waals surface area contributed by atoms with Crippen molar-refractivity contribution in [3.8, 4) is 5.69 Å². The maximum absolute atomic E-state index is 14.1. The molecule has 0 bridgehead atoms. The van der Waals surface area contributed by atoms with E-state index in [4.69, 9.17) is 0 Å². The molecule has 2 aromatic heterocycles. The summed E-state index contributed by atoms with van der Waals surface area (Å²) < 4.78 is 3.28. The summed E-state index contributed by atoms with van der Waals surface area (Å²) in [7, 11) is 1.70. The lowest BCUT2D eigenvalue weighted by Crippen LogP contribution is -2.43. The van der Waals surface area contributed by atoms with Gasteiger partial charge in [-0.3, -0.25) is 9.59 Å². The summed E-state index contributed by atoms with van der Waals surface area (Å²) in [5, 5.41) is 15.0. The highest BCUT2D eigenvalue weighted by atomic mass is 32.2. The van der Waals surface area contributed by atoms with Crippen molar-refractivity contribution in [2.45, 2.75) is 25.9 Å². The number of pyridine rings is 1. The van der Waals surface area contributed by atoms with Gasteiger partial charge in [0.15, 0.2) is 0 Å². The molecule has 0 unspecified atom stereocenters. The van der Waals surface area contributed by atoms with Crippen LogP contribution in [-0.4, -0.2) is 48.1 Å². The number of hydrogen-bond acceptors (Lipinski definition) is 6. The number of carboxylic acid groups (broad SMARTS) is 1. The maximum atomic E-state index is 14.1. The molecule has 6 rings (SSSR count). The molecule has 1 N–H and O–H groups in total. The van der Waals surface area contributed by atoms with E-state index < -0.39 is 11.4 Å². The van der Waals surface area contributed by atoms with Crippen LogP contribution in [0.1, 0.15) is 25.5 Å². The Kier molecular flexibility index (Phi) is 5.87. The number of hydrogen-bond donors (Lipinski definition) is 1. The summed E-state index contributed by atoms with van der Waals surface area (Å²) in [6.45, 7) is 3.87. The summed E-state index contributed by atoms with van der Waals surface area (Å²) in [4.78, 5) is 41.8. The molecule has 198 valence electrons. The zero-order valence-electron chi connectivity index (χ0n) is 21.7. The molecule has 1 saturated heterocycles. The van der Waals surface area contributed by atoms with Gasteiger partial charge >= 0.3 is 5.97 Å². The average molecular weight is 542 g/mol. The SMILES string of the molecule is Cn1cc(-n2ncc3cc(N4C(=O)C(C)(C)[C@H](N5C=C(C(=O)O)SC5)[C@H]4c4ccccc4)ccc32)ccc1=O. The van der Waals surface area contributed by atoms with Crippen LogP contribution >= 0.6 is 11.8 Å². The summed E-state index contributed by atoms with van der Waals surface area (Å²) in [5.41, 5.74) is 2.43. The van der Waals surface area contributed by atoms with Gasteiger partial charge in [-0.1, -0.05) is 42.1 Å². The van der Waals surface area contributed by atoms with Gasteiger partial charge in [-0.05, 0) is 43.7 Å². The second-order valence-electron chi connectivity index (χ2n) is 10.4. The molecule has 2 aliphatic rings. The third-order valence-electron chi connectivity index (χ3n) is 7.59. The molecule has 0 spiro atoms. The largest absolute Gasteiger partial charge is 0.477 e. The van der Waals surface area contributed by atoms with Gasteiger partial charge in [0, 0.05) is 36.6 Å². The Morgan fingerprint density at radius 2 is 1.79 bits per heavy atom. The van der Waals surface area contributed by atoms with Gasteiger partial charge in [-0.15, -0.1) is 0 Å². The van der Waals surface area contributed by atoms with Crippen LogP contribution in [0.4, 0.5) is 5.69 Å². The fraction of sp³-hybridized carbons (Fsp3) is 0.241. The Bertz CT molecular complexity index is 1710. The van der Waals surface area contributed by atoms with E-state index in [0.717, 1.165) is 27.8 Å². The van der Waals surface area contributed by atoms with Gasteiger partial charge in [-0.2, -0.15) is 5.10 Å². The second kappa shape index (κ2) is 9.16. The highest BCUT2D eigenvalue weighted by Gasteiger charge is 2.57. The Morgan fingerprint density at radius 1 is 1.05 bits per heavy atom. The Hall–Kier alpha value is -4.31. The van der Waals surface area contributed by atoms with Gasteiger partial charge in [0.2, 0.25) is 11.5 Å². The van der Waals surface area contributed by atoms with E-state index in [1.807, 2.05) is 72.2 Å². The van der Waals surface area contributed by atoms with Gasteiger partial charge in [0.1, 0.15) is 4.91 Å². The van der Waals surface area contributed by atoms with E-state index in [0.29, 0.717) is 5.88 Å². The number of fused-ring (bicyclic) bond motifs is 1. The molecule has 0 saturated carbocycles. The zero-order chi connectivity index (χ0) is 27.5. The van der Waals surface area contributed by atoms with Crippen LogP contribution in [0.2, 0.25) is 0 Å². The number of benzene rings is 2. The lowest BCUT2D eigenvalue weighted by Gasteiger charge is -2.36. The van der Waals surface area contributed by atoms with Gasteiger partial charge in [0.05, 0.1) is 40.8 Å². The lowest BCUT2D eigenvalue weighted by atomic mass is 9.81. The zero-order valence-corrected chi connectivity index (χ0v) is 22.5. The fourth-order valence-corrected chi connectivity index (χ4v) is 6.54. The lowest BCUT2D eigenvalue weighted by molar-refractivity contribution is -0.131. The molecule has 2 aliphatic heterocycles. The highest BCUT2D eigenvalue weighted by Crippen LogP contribution is 2.51. The van der Waals surface area contributed by atoms with Crippen molar-refractivity contribution >= 4 is 40.2 Å². The van der Waals surface area contributed by atoms with E-state index in [-0.39, 0.29) is 28.5 Å².